The van der Waals surface area contributed by atoms with Crippen LogP contribution in [-0.4, -0.2) is 31.2 Å². The van der Waals surface area contributed by atoms with Crippen molar-refractivity contribution >= 4 is 21.6 Å². The van der Waals surface area contributed by atoms with Crippen molar-refractivity contribution in [1.82, 2.24) is 4.31 Å². The second-order valence-corrected chi connectivity index (χ2v) is 6.92. The first-order valence-electron chi connectivity index (χ1n) is 6.57. The van der Waals surface area contributed by atoms with E-state index in [-0.39, 0.29) is 17.5 Å². The van der Waals surface area contributed by atoms with Gasteiger partial charge in [0.05, 0.1) is 11.4 Å². The molecule has 4 N–H and O–H groups in total. The number of amides is 1. The van der Waals surface area contributed by atoms with Gasteiger partial charge in [-0.3, -0.25) is 4.79 Å². The number of primary amides is 1. The summed E-state index contributed by atoms with van der Waals surface area (Å²) in [4.78, 5) is 11.3. The van der Waals surface area contributed by atoms with Crippen molar-refractivity contribution in [2.24, 2.45) is 5.73 Å². The number of sulfonamides is 1. The Labute approximate surface area is 118 Å². The van der Waals surface area contributed by atoms with Crippen LogP contribution in [0.25, 0.3) is 0 Å². The van der Waals surface area contributed by atoms with Crippen molar-refractivity contribution in [2.75, 3.05) is 12.3 Å². The first-order valence-corrected chi connectivity index (χ1v) is 8.01. The number of benzene rings is 1. The van der Waals surface area contributed by atoms with E-state index in [1.54, 1.807) is 12.1 Å². The summed E-state index contributed by atoms with van der Waals surface area (Å²) in [5, 5.41) is 0. The molecule has 1 aliphatic carbocycles. The highest BCUT2D eigenvalue weighted by molar-refractivity contribution is 7.89. The molecule has 1 fully saturated rings. The quantitative estimate of drug-likeness (QED) is 0.780. The number of nitrogens with two attached hydrogens (primary N) is 2. The molecule has 6 nitrogen and oxygen atoms in total. The zero-order valence-electron chi connectivity index (χ0n) is 11.2. The van der Waals surface area contributed by atoms with E-state index < -0.39 is 15.9 Å². The largest absolute Gasteiger partial charge is 0.399 e. The van der Waals surface area contributed by atoms with Crippen molar-refractivity contribution in [1.29, 1.82) is 0 Å². The molecule has 0 atom stereocenters. The average molecular weight is 297 g/mol. The normalized spacial score (nSPS) is 16.6. The number of anilines is 1. The van der Waals surface area contributed by atoms with Crippen molar-refractivity contribution < 1.29 is 13.2 Å². The minimum absolute atomic E-state index is 0.102. The van der Waals surface area contributed by atoms with Crippen LogP contribution in [0.1, 0.15) is 25.7 Å². The van der Waals surface area contributed by atoms with Crippen molar-refractivity contribution in [3.05, 3.63) is 24.3 Å². The summed E-state index contributed by atoms with van der Waals surface area (Å²) < 4.78 is 26.6. The van der Waals surface area contributed by atoms with Crippen LogP contribution in [-0.2, 0) is 14.8 Å². The number of rotatable bonds is 5. The molecule has 0 spiro atoms. The first kappa shape index (κ1) is 14.8. The maximum atomic E-state index is 12.7. The smallest absolute Gasteiger partial charge is 0.243 e. The number of carbonyl (C=O) groups excluding carboxylic acids is 1. The van der Waals surface area contributed by atoms with Crippen LogP contribution in [0, 0.1) is 0 Å². The van der Waals surface area contributed by atoms with E-state index in [1.165, 1.54) is 16.4 Å². The van der Waals surface area contributed by atoms with Gasteiger partial charge in [0.2, 0.25) is 15.9 Å². The molecular formula is C13H19N3O3S. The lowest BCUT2D eigenvalue weighted by Gasteiger charge is -2.26. The molecule has 1 aromatic carbocycles. The third-order valence-electron chi connectivity index (χ3n) is 3.51. The Morgan fingerprint density at radius 2 is 1.95 bits per heavy atom. The lowest BCUT2D eigenvalue weighted by atomic mass is 10.2. The fraction of sp³-hybridized carbons (Fsp3) is 0.462. The molecule has 110 valence electrons. The maximum absolute atomic E-state index is 12.7. The fourth-order valence-electron chi connectivity index (χ4n) is 2.57. The standard InChI is InChI=1S/C13H19N3O3S/c14-10-4-3-7-12(8-10)20(18,19)16(9-13(15)17)11-5-1-2-6-11/h3-4,7-8,11H,1-2,5-6,9,14H2,(H2,15,17). The molecule has 1 amide bonds. The minimum Gasteiger partial charge on any atom is -0.399 e. The van der Waals surface area contributed by atoms with Gasteiger partial charge in [0.15, 0.2) is 0 Å². The van der Waals surface area contributed by atoms with Gasteiger partial charge >= 0.3 is 0 Å². The van der Waals surface area contributed by atoms with E-state index >= 15 is 0 Å². The molecule has 0 radical (unpaired) electrons. The first-order chi connectivity index (χ1) is 9.41. The molecule has 0 aliphatic heterocycles. The van der Waals surface area contributed by atoms with E-state index in [4.69, 9.17) is 11.5 Å². The summed E-state index contributed by atoms with van der Waals surface area (Å²) in [6, 6.07) is 5.92. The van der Waals surface area contributed by atoms with Gasteiger partial charge in [-0.2, -0.15) is 4.31 Å². The third kappa shape index (κ3) is 3.10. The predicted molar refractivity (Wildman–Crippen MR) is 76.2 cm³/mol. The molecular weight excluding hydrogens is 278 g/mol. The number of hydrogen-bond donors (Lipinski definition) is 2. The molecule has 0 saturated heterocycles. The van der Waals surface area contributed by atoms with Crippen molar-refractivity contribution in [2.45, 2.75) is 36.6 Å². The van der Waals surface area contributed by atoms with Gasteiger partial charge in [0, 0.05) is 11.7 Å². The third-order valence-corrected chi connectivity index (χ3v) is 5.40. The molecule has 0 heterocycles. The number of carbonyl (C=O) groups is 1. The maximum Gasteiger partial charge on any atom is 0.243 e. The molecule has 1 saturated carbocycles. The zero-order chi connectivity index (χ0) is 14.8. The number of nitrogens with zero attached hydrogens (tertiary/aromatic N) is 1. The summed E-state index contributed by atoms with van der Waals surface area (Å²) >= 11 is 0. The Balaban J connectivity index is 2.37. The van der Waals surface area contributed by atoms with E-state index in [2.05, 4.69) is 0 Å². The second-order valence-electron chi connectivity index (χ2n) is 5.03. The Kier molecular flexibility index (Phi) is 4.29. The van der Waals surface area contributed by atoms with Crippen LogP contribution < -0.4 is 11.5 Å². The molecule has 0 unspecified atom stereocenters. The summed E-state index contributed by atoms with van der Waals surface area (Å²) in [7, 11) is -3.75. The summed E-state index contributed by atoms with van der Waals surface area (Å²) in [5.74, 6) is -0.649. The average Bonchev–Trinajstić information content (AvgIpc) is 2.89. The lowest BCUT2D eigenvalue weighted by molar-refractivity contribution is -0.118. The van der Waals surface area contributed by atoms with Crippen molar-refractivity contribution in [3.63, 3.8) is 0 Å². The Morgan fingerprint density at radius 3 is 2.50 bits per heavy atom. The highest BCUT2D eigenvalue weighted by Crippen LogP contribution is 2.28. The van der Waals surface area contributed by atoms with E-state index in [0.29, 0.717) is 5.69 Å². The van der Waals surface area contributed by atoms with E-state index in [1.807, 2.05) is 0 Å². The second kappa shape index (κ2) is 5.80. The minimum atomic E-state index is -3.75. The Morgan fingerprint density at radius 1 is 1.30 bits per heavy atom. The summed E-state index contributed by atoms with van der Waals surface area (Å²) in [5.41, 5.74) is 11.2. The monoisotopic (exact) mass is 297 g/mol. The molecule has 7 heteroatoms. The predicted octanol–water partition coefficient (Wildman–Crippen LogP) is 0.687. The molecule has 20 heavy (non-hydrogen) atoms. The molecule has 2 rings (SSSR count). The van der Waals surface area contributed by atoms with Gasteiger partial charge in [-0.15, -0.1) is 0 Å². The molecule has 1 aliphatic rings. The van der Waals surface area contributed by atoms with Crippen LogP contribution in [0.15, 0.2) is 29.2 Å². The highest BCUT2D eigenvalue weighted by atomic mass is 32.2. The van der Waals surface area contributed by atoms with Gasteiger partial charge in [0.25, 0.3) is 0 Å². The van der Waals surface area contributed by atoms with Crippen LogP contribution in [0.4, 0.5) is 5.69 Å². The summed E-state index contributed by atoms with van der Waals surface area (Å²) in [6.07, 6.45) is 3.45. The van der Waals surface area contributed by atoms with E-state index in [9.17, 15) is 13.2 Å². The van der Waals surface area contributed by atoms with Crippen LogP contribution in [0.5, 0.6) is 0 Å². The Hall–Kier alpha value is -1.60. The molecule has 0 bridgehead atoms. The molecule has 0 aromatic heterocycles. The van der Waals surface area contributed by atoms with Crippen molar-refractivity contribution in [3.8, 4) is 0 Å². The van der Waals surface area contributed by atoms with Gasteiger partial charge in [-0.05, 0) is 31.0 Å². The van der Waals surface area contributed by atoms with Gasteiger partial charge in [-0.1, -0.05) is 18.9 Å². The molecule has 1 aromatic rings. The fourth-order valence-corrected chi connectivity index (χ4v) is 4.27. The highest BCUT2D eigenvalue weighted by Gasteiger charge is 2.34. The lowest BCUT2D eigenvalue weighted by Crippen LogP contribution is -2.44. The number of hydrogen-bond acceptors (Lipinski definition) is 4. The Bertz CT molecular complexity index is 595. The van der Waals surface area contributed by atoms with Crippen LogP contribution in [0.2, 0.25) is 0 Å². The van der Waals surface area contributed by atoms with Crippen LogP contribution >= 0.6 is 0 Å². The zero-order valence-corrected chi connectivity index (χ0v) is 12.0. The van der Waals surface area contributed by atoms with E-state index in [0.717, 1.165) is 25.7 Å². The van der Waals surface area contributed by atoms with Crippen LogP contribution in [0.3, 0.4) is 0 Å². The summed E-state index contributed by atoms with van der Waals surface area (Å²) in [6.45, 7) is -0.290. The van der Waals surface area contributed by atoms with Gasteiger partial charge < -0.3 is 11.5 Å². The van der Waals surface area contributed by atoms with Gasteiger partial charge in [-0.25, -0.2) is 8.42 Å². The topological polar surface area (TPSA) is 106 Å². The number of nitrogen functional groups attached to an aromatic ring is 1. The SMILES string of the molecule is NC(=O)CN(C1CCCC1)S(=O)(=O)c1cccc(N)c1. The van der Waals surface area contributed by atoms with Gasteiger partial charge in [0.1, 0.15) is 0 Å².